The number of hydrogen-bond acceptors (Lipinski definition) is 2. The normalized spacial score (nSPS) is 14.3. The predicted molar refractivity (Wildman–Crippen MR) is 227 cm³/mol. The van der Waals surface area contributed by atoms with Crippen molar-refractivity contribution in [1.82, 2.24) is 0 Å². The van der Waals surface area contributed by atoms with Gasteiger partial charge in [-0.15, -0.1) is 0 Å². The van der Waals surface area contributed by atoms with Gasteiger partial charge in [-0.3, -0.25) is 0 Å². The van der Waals surface area contributed by atoms with Gasteiger partial charge in [0.15, 0.2) is 0 Å². The zero-order chi connectivity index (χ0) is 35.7. The van der Waals surface area contributed by atoms with E-state index in [1.807, 2.05) is 0 Å². The molecule has 0 amide bonds. The van der Waals surface area contributed by atoms with Gasteiger partial charge in [0.1, 0.15) is 0 Å². The molecule has 256 valence electrons. The Labute approximate surface area is 314 Å². The van der Waals surface area contributed by atoms with Crippen molar-refractivity contribution in [2.45, 2.75) is 51.9 Å². The van der Waals surface area contributed by atoms with Gasteiger partial charge in [0.2, 0.25) is 0 Å². The summed E-state index contributed by atoms with van der Waals surface area (Å²) in [5.74, 6) is 0. The minimum absolute atomic E-state index is 0.0164. The molecule has 0 radical (unpaired) electrons. The Kier molecular flexibility index (Phi) is 7.47. The van der Waals surface area contributed by atoms with Gasteiger partial charge in [-0.1, -0.05) is 130 Å². The van der Waals surface area contributed by atoms with Crippen LogP contribution in [0.15, 0.2) is 158 Å². The van der Waals surface area contributed by atoms with E-state index in [0.29, 0.717) is 0 Å². The van der Waals surface area contributed by atoms with Crippen molar-refractivity contribution in [3.8, 4) is 22.3 Å². The average molecular weight is 683 g/mol. The lowest BCUT2D eigenvalue weighted by atomic mass is 9.33. The Morgan fingerprint density at radius 3 is 1.75 bits per heavy atom. The van der Waals surface area contributed by atoms with Gasteiger partial charge < -0.3 is 9.80 Å². The second kappa shape index (κ2) is 12.4. The summed E-state index contributed by atoms with van der Waals surface area (Å²) in [4.78, 5) is 5.12. The van der Waals surface area contributed by atoms with Crippen LogP contribution in [0, 0.1) is 0 Å². The van der Waals surface area contributed by atoms with Crippen molar-refractivity contribution < 1.29 is 0 Å². The van der Waals surface area contributed by atoms with Crippen molar-refractivity contribution in [3.05, 3.63) is 174 Å². The van der Waals surface area contributed by atoms with Crippen LogP contribution in [0.5, 0.6) is 0 Å². The zero-order valence-electron chi connectivity index (χ0n) is 30.8. The standard InChI is InChI=1S/C50H43BN2/c1-50(2,3)39-27-29-44(41(33-39)35-18-9-5-10-19-35)53-45-28-26-38(34-16-7-4-8-17-34)31-42(45)51-43-30-36-20-13-14-21-37(36)32-48(43)52(40-22-11-6-12-23-40)46-24-15-25-47(53)49(46)51/h4-12,15-19,22-33H,13-14,20-21H2,1-3H3. The minimum atomic E-state index is 0.0164. The molecular formula is C50H43BN2. The smallest absolute Gasteiger partial charge is 0.252 e. The molecule has 0 atom stereocenters. The maximum Gasteiger partial charge on any atom is 0.252 e. The van der Waals surface area contributed by atoms with Crippen LogP contribution in [0.25, 0.3) is 22.3 Å². The summed E-state index contributed by atoms with van der Waals surface area (Å²) in [5.41, 5.74) is 21.0. The molecule has 0 bridgehead atoms. The Balaban J connectivity index is 1.30. The quantitative estimate of drug-likeness (QED) is 0.171. The second-order valence-corrected chi connectivity index (χ2v) is 16.0. The van der Waals surface area contributed by atoms with Crippen molar-refractivity contribution in [2.24, 2.45) is 0 Å². The van der Waals surface area contributed by atoms with Gasteiger partial charge in [0.25, 0.3) is 6.71 Å². The number of nitrogens with zero attached hydrogens (tertiary/aromatic N) is 2. The molecule has 2 heterocycles. The van der Waals surface area contributed by atoms with Crippen LogP contribution in [0.1, 0.15) is 50.3 Å². The fraction of sp³-hybridized carbons (Fsp3) is 0.160. The molecule has 3 aliphatic rings. The molecule has 0 N–H and O–H groups in total. The molecule has 0 saturated heterocycles. The van der Waals surface area contributed by atoms with Crippen LogP contribution >= 0.6 is 0 Å². The highest BCUT2D eigenvalue weighted by Gasteiger charge is 2.44. The summed E-state index contributed by atoms with van der Waals surface area (Å²) in [7, 11) is 0. The Morgan fingerprint density at radius 1 is 0.453 bits per heavy atom. The monoisotopic (exact) mass is 682 g/mol. The van der Waals surface area contributed by atoms with Crippen molar-refractivity contribution in [2.75, 3.05) is 9.80 Å². The maximum atomic E-state index is 2.59. The molecule has 1 aliphatic carbocycles. The summed E-state index contributed by atoms with van der Waals surface area (Å²) < 4.78 is 0. The third-order valence-electron chi connectivity index (χ3n) is 11.8. The summed E-state index contributed by atoms with van der Waals surface area (Å²) in [6.07, 6.45) is 4.82. The lowest BCUT2D eigenvalue weighted by molar-refractivity contribution is 0.590. The molecule has 53 heavy (non-hydrogen) atoms. The van der Waals surface area contributed by atoms with Crippen LogP contribution in [0.3, 0.4) is 0 Å². The van der Waals surface area contributed by atoms with Gasteiger partial charge in [-0.2, -0.15) is 0 Å². The number of benzene rings is 7. The highest BCUT2D eigenvalue weighted by atomic mass is 15.2. The van der Waals surface area contributed by atoms with Crippen molar-refractivity contribution in [3.63, 3.8) is 0 Å². The highest BCUT2D eigenvalue weighted by Crippen LogP contribution is 2.48. The van der Waals surface area contributed by atoms with E-state index in [1.165, 1.54) is 102 Å². The molecule has 2 aliphatic heterocycles. The molecule has 0 aromatic heterocycles. The third-order valence-corrected chi connectivity index (χ3v) is 11.8. The number of rotatable bonds is 4. The summed E-state index contributed by atoms with van der Waals surface area (Å²) in [6.45, 7) is 7.02. The minimum Gasteiger partial charge on any atom is -0.311 e. The molecule has 7 aromatic rings. The van der Waals surface area contributed by atoms with Gasteiger partial charge in [-0.05, 0) is 129 Å². The predicted octanol–water partition coefficient (Wildman–Crippen LogP) is 11.3. The van der Waals surface area contributed by atoms with Crippen molar-refractivity contribution >= 4 is 57.2 Å². The first-order valence-corrected chi connectivity index (χ1v) is 19.3. The Bertz CT molecular complexity index is 2500. The van der Waals surface area contributed by atoms with E-state index >= 15 is 0 Å². The van der Waals surface area contributed by atoms with E-state index in [1.54, 1.807) is 0 Å². The molecule has 3 heteroatoms. The molecule has 10 rings (SSSR count). The first-order valence-electron chi connectivity index (χ1n) is 19.3. The Morgan fingerprint density at radius 2 is 1.06 bits per heavy atom. The van der Waals surface area contributed by atoms with E-state index in [0.717, 1.165) is 12.8 Å². The van der Waals surface area contributed by atoms with Crippen LogP contribution < -0.4 is 26.2 Å². The van der Waals surface area contributed by atoms with Crippen LogP contribution in [-0.2, 0) is 18.3 Å². The first-order chi connectivity index (χ1) is 25.9. The van der Waals surface area contributed by atoms with Gasteiger partial charge in [0, 0.05) is 34.0 Å². The molecule has 0 spiro atoms. The highest BCUT2D eigenvalue weighted by molar-refractivity contribution is 7.00. The SMILES string of the molecule is CC(C)(C)c1ccc(N2c3ccc(-c4ccccc4)cc3B3c4cc5c(cc4N(c4ccccc4)c4cccc2c43)CCCC5)c(-c2ccccc2)c1. The van der Waals surface area contributed by atoms with Crippen LogP contribution in [0.4, 0.5) is 34.1 Å². The van der Waals surface area contributed by atoms with E-state index < -0.39 is 0 Å². The molecule has 0 unspecified atom stereocenters. The number of fused-ring (bicyclic) bond motifs is 5. The number of anilines is 6. The lowest BCUT2D eigenvalue weighted by Crippen LogP contribution is -2.61. The van der Waals surface area contributed by atoms with E-state index in [4.69, 9.17) is 0 Å². The van der Waals surface area contributed by atoms with Crippen LogP contribution in [-0.4, -0.2) is 6.71 Å². The van der Waals surface area contributed by atoms with Gasteiger partial charge in [0.05, 0.1) is 5.69 Å². The largest absolute Gasteiger partial charge is 0.311 e. The van der Waals surface area contributed by atoms with Gasteiger partial charge >= 0.3 is 0 Å². The lowest BCUT2D eigenvalue weighted by Gasteiger charge is -2.45. The first kappa shape index (κ1) is 31.9. The number of para-hydroxylation sites is 1. The topological polar surface area (TPSA) is 6.48 Å². The third kappa shape index (κ3) is 5.24. The number of hydrogen-bond donors (Lipinski definition) is 0. The zero-order valence-corrected chi connectivity index (χ0v) is 30.8. The second-order valence-electron chi connectivity index (χ2n) is 16.0. The summed E-state index contributed by atoms with van der Waals surface area (Å²) in [5, 5.41) is 0. The van der Waals surface area contributed by atoms with Crippen LogP contribution in [0.2, 0.25) is 0 Å². The molecule has 7 aromatic carbocycles. The van der Waals surface area contributed by atoms with E-state index in [2.05, 4.69) is 188 Å². The van der Waals surface area contributed by atoms with E-state index in [-0.39, 0.29) is 12.1 Å². The molecule has 0 saturated carbocycles. The van der Waals surface area contributed by atoms with E-state index in [9.17, 15) is 0 Å². The molecule has 0 fully saturated rings. The van der Waals surface area contributed by atoms with Gasteiger partial charge in [-0.25, -0.2) is 0 Å². The molecule has 2 nitrogen and oxygen atoms in total. The average Bonchev–Trinajstić information content (AvgIpc) is 3.20. The maximum absolute atomic E-state index is 2.59. The summed E-state index contributed by atoms with van der Waals surface area (Å²) >= 11 is 0. The fourth-order valence-electron chi connectivity index (χ4n) is 9.14. The number of aryl methyl sites for hydroxylation is 2. The summed E-state index contributed by atoms with van der Waals surface area (Å²) in [6, 6.07) is 59.3. The Hall–Kier alpha value is -5.80. The fourth-order valence-corrected chi connectivity index (χ4v) is 9.14. The molecular weight excluding hydrogens is 639 g/mol. The van der Waals surface area contributed by atoms with Crippen molar-refractivity contribution in [1.29, 1.82) is 0 Å².